The van der Waals surface area contributed by atoms with Crippen LogP contribution in [-0.2, 0) is 0 Å². The Morgan fingerprint density at radius 1 is 1.03 bits per heavy atom. The molecule has 1 fully saturated rings. The van der Waals surface area contributed by atoms with Crippen molar-refractivity contribution in [2.45, 2.75) is 19.0 Å². The largest absolute Gasteiger partial charge is 0.494 e. The van der Waals surface area contributed by atoms with E-state index in [1.54, 1.807) is 6.20 Å². The molecule has 166 valence electrons. The second-order valence-electron chi connectivity index (χ2n) is 7.63. The van der Waals surface area contributed by atoms with Crippen LogP contribution in [0.15, 0.2) is 89.5 Å². The molecule has 0 amide bonds. The van der Waals surface area contributed by atoms with Crippen LogP contribution in [0.4, 0.5) is 5.69 Å². The molecule has 2 atom stereocenters. The van der Waals surface area contributed by atoms with Gasteiger partial charge in [-0.3, -0.25) is 4.98 Å². The summed E-state index contributed by atoms with van der Waals surface area (Å²) in [5.41, 5.74) is 2.80. The van der Waals surface area contributed by atoms with E-state index < -0.39 is 0 Å². The summed E-state index contributed by atoms with van der Waals surface area (Å²) < 4.78 is 12.0. The molecule has 5 rings (SSSR count). The zero-order valence-electron chi connectivity index (χ0n) is 17.9. The molecule has 33 heavy (non-hydrogen) atoms. The van der Waals surface area contributed by atoms with Gasteiger partial charge >= 0.3 is 0 Å². The van der Waals surface area contributed by atoms with Crippen molar-refractivity contribution in [3.8, 4) is 17.1 Å². The Hall–Kier alpha value is -3.35. The molecule has 1 saturated heterocycles. The maximum atomic E-state index is 6.37. The lowest BCUT2D eigenvalue weighted by Gasteiger charge is -2.26. The molecule has 3 heterocycles. The summed E-state index contributed by atoms with van der Waals surface area (Å²) in [5, 5.41) is 4.75. The third kappa shape index (κ3) is 4.32. The maximum Gasteiger partial charge on any atom is 0.174 e. The average Bonchev–Trinajstić information content (AvgIpc) is 3.46. The highest BCUT2D eigenvalue weighted by molar-refractivity contribution is 7.80. The van der Waals surface area contributed by atoms with Crippen LogP contribution in [0, 0.1) is 0 Å². The van der Waals surface area contributed by atoms with E-state index in [1.807, 2.05) is 85.8 Å². The molecule has 4 aromatic rings. The van der Waals surface area contributed by atoms with Gasteiger partial charge < -0.3 is 19.4 Å². The van der Waals surface area contributed by atoms with E-state index in [9.17, 15) is 0 Å². The predicted molar refractivity (Wildman–Crippen MR) is 135 cm³/mol. The van der Waals surface area contributed by atoms with Gasteiger partial charge in [0, 0.05) is 22.5 Å². The highest BCUT2D eigenvalue weighted by Crippen LogP contribution is 2.43. The second-order valence-corrected chi connectivity index (χ2v) is 8.46. The molecule has 0 spiro atoms. The number of halogens is 1. The van der Waals surface area contributed by atoms with Crippen molar-refractivity contribution in [2.75, 3.05) is 11.5 Å². The number of ether oxygens (including phenoxy) is 1. The molecule has 0 bridgehead atoms. The van der Waals surface area contributed by atoms with Crippen LogP contribution in [0.5, 0.6) is 5.75 Å². The van der Waals surface area contributed by atoms with Crippen molar-refractivity contribution >= 4 is 34.6 Å². The first-order valence-electron chi connectivity index (χ1n) is 10.7. The minimum absolute atomic E-state index is 0.172. The van der Waals surface area contributed by atoms with E-state index in [1.165, 1.54) is 0 Å². The van der Waals surface area contributed by atoms with Gasteiger partial charge in [-0.1, -0.05) is 17.7 Å². The van der Waals surface area contributed by atoms with Gasteiger partial charge in [-0.25, -0.2) is 0 Å². The SMILES string of the molecule is CCOc1ccc(N2C(=S)N[C@@H](c3ccccn3)[C@H]2c2ccc(-c3ccc(Cl)cc3)o2)cc1. The molecule has 0 radical (unpaired) electrons. The molecule has 2 aromatic carbocycles. The summed E-state index contributed by atoms with van der Waals surface area (Å²) in [5.74, 6) is 2.38. The average molecular weight is 476 g/mol. The van der Waals surface area contributed by atoms with Crippen molar-refractivity contribution in [1.82, 2.24) is 10.3 Å². The fraction of sp³-hybridized carbons (Fsp3) is 0.154. The monoisotopic (exact) mass is 475 g/mol. The van der Waals surface area contributed by atoms with E-state index in [0.717, 1.165) is 34.2 Å². The van der Waals surface area contributed by atoms with Crippen LogP contribution in [0.25, 0.3) is 11.3 Å². The van der Waals surface area contributed by atoms with Gasteiger partial charge in [-0.15, -0.1) is 0 Å². The molecule has 7 heteroatoms. The number of nitrogens with one attached hydrogen (secondary N) is 1. The highest BCUT2D eigenvalue weighted by Gasteiger charge is 2.42. The van der Waals surface area contributed by atoms with E-state index in [0.29, 0.717) is 16.7 Å². The standard InChI is InChI=1S/C26H22ClN3O2S/c1-2-31-20-12-10-19(11-13-20)30-25(24(29-26(30)33)21-5-3-4-16-28-21)23-15-14-22(32-23)17-6-8-18(27)9-7-17/h3-16,24-25H,2H2,1H3,(H,29,33)/t24-,25+/m0/s1. The first-order valence-corrected chi connectivity index (χ1v) is 11.5. The van der Waals surface area contributed by atoms with Gasteiger partial charge in [0.15, 0.2) is 5.11 Å². The third-order valence-corrected chi connectivity index (χ3v) is 6.14. The Balaban J connectivity index is 1.55. The Labute approximate surface area is 203 Å². The van der Waals surface area contributed by atoms with Crippen LogP contribution >= 0.6 is 23.8 Å². The van der Waals surface area contributed by atoms with E-state index >= 15 is 0 Å². The van der Waals surface area contributed by atoms with Gasteiger partial charge in [0.05, 0.1) is 18.3 Å². The Bertz CT molecular complexity index is 1240. The van der Waals surface area contributed by atoms with Crippen LogP contribution in [-0.4, -0.2) is 16.7 Å². The second kappa shape index (κ2) is 9.25. The zero-order chi connectivity index (χ0) is 22.8. The number of rotatable bonds is 6. The zero-order valence-corrected chi connectivity index (χ0v) is 19.5. The van der Waals surface area contributed by atoms with E-state index in [2.05, 4.69) is 15.2 Å². The number of aromatic nitrogens is 1. The summed E-state index contributed by atoms with van der Waals surface area (Å²) in [7, 11) is 0. The third-order valence-electron chi connectivity index (χ3n) is 5.57. The normalized spacial score (nSPS) is 17.8. The van der Waals surface area contributed by atoms with Gasteiger partial charge in [-0.2, -0.15) is 0 Å². The van der Waals surface area contributed by atoms with Crippen molar-refractivity contribution in [2.24, 2.45) is 0 Å². The summed E-state index contributed by atoms with van der Waals surface area (Å²) in [6.45, 7) is 2.59. The minimum atomic E-state index is -0.216. The number of nitrogens with zero attached hydrogens (tertiary/aromatic N) is 2. The predicted octanol–water partition coefficient (Wildman–Crippen LogP) is 6.57. The van der Waals surface area contributed by atoms with Crippen LogP contribution in [0.2, 0.25) is 5.02 Å². The lowest BCUT2D eigenvalue weighted by atomic mass is 10.0. The molecule has 5 nitrogen and oxygen atoms in total. The van der Waals surface area contributed by atoms with Gasteiger partial charge in [0.25, 0.3) is 0 Å². The first-order chi connectivity index (χ1) is 16.1. The topological polar surface area (TPSA) is 50.5 Å². The number of hydrogen-bond acceptors (Lipinski definition) is 4. The van der Waals surface area contributed by atoms with Crippen molar-refractivity contribution < 1.29 is 9.15 Å². The number of anilines is 1. The van der Waals surface area contributed by atoms with Gasteiger partial charge in [0.2, 0.25) is 0 Å². The van der Waals surface area contributed by atoms with Gasteiger partial charge in [-0.05, 0) is 91.9 Å². The first kappa shape index (κ1) is 21.5. The van der Waals surface area contributed by atoms with Crippen LogP contribution < -0.4 is 15.0 Å². The molecule has 1 aliphatic heterocycles. The molecule has 0 aliphatic carbocycles. The highest BCUT2D eigenvalue weighted by atomic mass is 35.5. The summed E-state index contributed by atoms with van der Waals surface area (Å²) in [6.07, 6.45) is 1.79. The molecule has 1 N–H and O–H groups in total. The lowest BCUT2D eigenvalue weighted by Crippen LogP contribution is -2.29. The Kier molecular flexibility index (Phi) is 6.03. The number of pyridine rings is 1. The Morgan fingerprint density at radius 3 is 2.52 bits per heavy atom. The number of thiocarbonyl (C=S) groups is 1. The minimum Gasteiger partial charge on any atom is -0.494 e. The molecule has 2 aromatic heterocycles. The fourth-order valence-corrected chi connectivity index (χ4v) is 4.54. The Morgan fingerprint density at radius 2 is 1.82 bits per heavy atom. The molecular weight excluding hydrogens is 454 g/mol. The van der Waals surface area contributed by atoms with Crippen LogP contribution in [0.1, 0.15) is 30.5 Å². The van der Waals surface area contributed by atoms with Gasteiger partial charge in [0.1, 0.15) is 23.3 Å². The van der Waals surface area contributed by atoms with E-state index in [-0.39, 0.29) is 12.1 Å². The summed E-state index contributed by atoms with van der Waals surface area (Å²) in [6, 6.07) is 25.0. The maximum absolute atomic E-state index is 6.37. The molecule has 1 aliphatic rings. The number of furan rings is 1. The molecular formula is C26H22ClN3O2S. The lowest BCUT2D eigenvalue weighted by molar-refractivity contribution is 0.340. The number of benzene rings is 2. The summed E-state index contributed by atoms with van der Waals surface area (Å²) >= 11 is 11.8. The van der Waals surface area contributed by atoms with Crippen molar-refractivity contribution in [3.63, 3.8) is 0 Å². The smallest absolute Gasteiger partial charge is 0.174 e. The number of hydrogen-bond donors (Lipinski definition) is 1. The van der Waals surface area contributed by atoms with Crippen LogP contribution in [0.3, 0.4) is 0 Å². The van der Waals surface area contributed by atoms with Crippen molar-refractivity contribution in [3.05, 3.63) is 102 Å². The van der Waals surface area contributed by atoms with E-state index in [4.69, 9.17) is 33.0 Å². The summed E-state index contributed by atoms with van der Waals surface area (Å²) in [4.78, 5) is 6.67. The quantitative estimate of drug-likeness (QED) is 0.318. The van der Waals surface area contributed by atoms with Crippen molar-refractivity contribution in [1.29, 1.82) is 0 Å². The molecule has 0 unspecified atom stereocenters. The fourth-order valence-electron chi connectivity index (χ4n) is 4.07. The molecule has 0 saturated carbocycles.